The van der Waals surface area contributed by atoms with Crippen LogP contribution < -0.4 is 4.72 Å². The van der Waals surface area contributed by atoms with Gasteiger partial charge in [-0.05, 0) is 37.1 Å². The molecule has 0 spiro atoms. The van der Waals surface area contributed by atoms with Crippen LogP contribution in [0.3, 0.4) is 0 Å². The number of hydrogen-bond donors (Lipinski definition) is 1. The van der Waals surface area contributed by atoms with Gasteiger partial charge < -0.3 is 14.2 Å². The van der Waals surface area contributed by atoms with Crippen LogP contribution in [0, 0.1) is 17.0 Å². The molecule has 0 saturated heterocycles. The molecular formula is C25H28N2O8S. The maximum atomic E-state index is 12.9. The number of nitrogens with one attached hydrogen (secondary N) is 1. The minimum Gasteiger partial charge on any atom is -0.465 e. The number of nitro groups is 1. The summed E-state index contributed by atoms with van der Waals surface area (Å²) in [7, 11) is 0.192. The van der Waals surface area contributed by atoms with Gasteiger partial charge in [0.05, 0.1) is 27.9 Å². The molecule has 0 saturated carbocycles. The Hall–Kier alpha value is -3.38. The van der Waals surface area contributed by atoms with E-state index in [1.165, 1.54) is 39.5 Å². The SMILES string of the molecule is COC(=O)C1=CC(OC)(OC)C(CCNS(=O)(=O)c2ccc([N+](=O)[O-])cc2)(c2cccc(C)c2)C=C1. The maximum Gasteiger partial charge on any atom is 0.337 e. The van der Waals surface area contributed by atoms with Gasteiger partial charge in [0.1, 0.15) is 0 Å². The standard InChI is InChI=1S/C25H28N2O8S/c1-18-6-5-7-20(16-18)24(13-12-19(23(28)33-2)17-25(24,34-3)35-4)14-15-26-36(31,32)22-10-8-21(9-11-22)27(29)30/h5-13,16-17,26H,14-15H2,1-4H3. The Labute approximate surface area is 209 Å². The average Bonchev–Trinajstić information content (AvgIpc) is 2.88. The van der Waals surface area contributed by atoms with Crippen molar-refractivity contribution >= 4 is 21.7 Å². The highest BCUT2D eigenvalue weighted by Crippen LogP contribution is 2.47. The van der Waals surface area contributed by atoms with Gasteiger partial charge in [0.2, 0.25) is 15.8 Å². The molecule has 1 N–H and O–H groups in total. The molecule has 11 heteroatoms. The third-order valence-corrected chi connectivity index (χ3v) is 7.72. The monoisotopic (exact) mass is 516 g/mol. The average molecular weight is 517 g/mol. The summed E-state index contributed by atoms with van der Waals surface area (Å²) < 4.78 is 44.9. The fourth-order valence-electron chi connectivity index (χ4n) is 4.37. The summed E-state index contributed by atoms with van der Waals surface area (Å²) in [4.78, 5) is 22.4. The molecule has 192 valence electrons. The van der Waals surface area contributed by atoms with E-state index in [4.69, 9.17) is 14.2 Å². The second kappa shape index (κ2) is 10.7. The van der Waals surface area contributed by atoms with Crippen molar-refractivity contribution in [3.05, 3.63) is 93.6 Å². The van der Waals surface area contributed by atoms with Crippen LogP contribution in [0.2, 0.25) is 0 Å². The summed E-state index contributed by atoms with van der Waals surface area (Å²) in [6, 6.07) is 12.2. The molecule has 0 heterocycles. The van der Waals surface area contributed by atoms with Crippen molar-refractivity contribution in [3.63, 3.8) is 0 Å². The van der Waals surface area contributed by atoms with E-state index >= 15 is 0 Å². The third-order valence-electron chi connectivity index (χ3n) is 6.24. The summed E-state index contributed by atoms with van der Waals surface area (Å²) >= 11 is 0. The Morgan fingerprint density at radius 2 is 1.75 bits per heavy atom. The van der Waals surface area contributed by atoms with Gasteiger partial charge in [0.25, 0.3) is 5.69 Å². The van der Waals surface area contributed by atoms with Gasteiger partial charge in [-0.3, -0.25) is 10.1 Å². The lowest BCUT2D eigenvalue weighted by atomic mass is 9.67. The molecule has 3 rings (SSSR count). The number of hydrogen-bond acceptors (Lipinski definition) is 8. The molecule has 0 radical (unpaired) electrons. The lowest BCUT2D eigenvalue weighted by Gasteiger charge is -2.47. The highest BCUT2D eigenvalue weighted by molar-refractivity contribution is 7.89. The Balaban J connectivity index is 1.99. The fraction of sp³-hybridized carbons (Fsp3) is 0.320. The number of ether oxygens (including phenoxy) is 3. The number of carbonyl (C=O) groups is 1. The summed E-state index contributed by atoms with van der Waals surface area (Å²) in [6.45, 7) is 1.89. The molecule has 2 aromatic rings. The van der Waals surface area contributed by atoms with Crippen LogP contribution in [0.25, 0.3) is 0 Å². The van der Waals surface area contributed by atoms with E-state index in [0.29, 0.717) is 0 Å². The van der Waals surface area contributed by atoms with Gasteiger partial charge in [0, 0.05) is 32.9 Å². The maximum absolute atomic E-state index is 12.9. The first-order valence-electron chi connectivity index (χ1n) is 11.0. The number of methoxy groups -OCH3 is 3. The highest BCUT2D eigenvalue weighted by atomic mass is 32.2. The molecule has 1 atom stereocenters. The fourth-order valence-corrected chi connectivity index (χ4v) is 5.41. The molecule has 0 amide bonds. The first kappa shape index (κ1) is 27.2. The smallest absolute Gasteiger partial charge is 0.337 e. The molecule has 0 bridgehead atoms. The lowest BCUT2D eigenvalue weighted by Crippen LogP contribution is -2.55. The van der Waals surface area contributed by atoms with Crippen molar-refractivity contribution in [2.75, 3.05) is 27.9 Å². The van der Waals surface area contributed by atoms with Crippen molar-refractivity contribution in [3.8, 4) is 0 Å². The third kappa shape index (κ3) is 5.09. The Bertz CT molecular complexity index is 1300. The predicted octanol–water partition coefficient (Wildman–Crippen LogP) is 3.17. The van der Waals surface area contributed by atoms with Crippen LogP contribution >= 0.6 is 0 Å². The van der Waals surface area contributed by atoms with Gasteiger partial charge in [-0.15, -0.1) is 0 Å². The van der Waals surface area contributed by atoms with Gasteiger partial charge in [0.15, 0.2) is 0 Å². The van der Waals surface area contributed by atoms with Gasteiger partial charge in [-0.1, -0.05) is 42.0 Å². The van der Waals surface area contributed by atoms with E-state index in [2.05, 4.69) is 4.72 Å². The molecule has 0 fully saturated rings. The minimum absolute atomic E-state index is 0.0343. The number of nitro benzene ring substituents is 1. The normalized spacial score (nSPS) is 18.9. The summed E-state index contributed by atoms with van der Waals surface area (Å²) in [6.07, 6.45) is 5.09. The molecule has 1 aliphatic rings. The summed E-state index contributed by atoms with van der Waals surface area (Å²) in [5.74, 6) is -2.03. The second-order valence-corrected chi connectivity index (χ2v) is 10.0. The molecule has 0 aliphatic heterocycles. The number of rotatable bonds is 10. The van der Waals surface area contributed by atoms with Gasteiger partial charge in [-0.2, -0.15) is 0 Å². The largest absolute Gasteiger partial charge is 0.465 e. The number of esters is 1. The Kier molecular flexibility index (Phi) is 8.09. The zero-order valence-corrected chi connectivity index (χ0v) is 21.2. The summed E-state index contributed by atoms with van der Waals surface area (Å²) in [5, 5.41) is 10.9. The van der Waals surface area contributed by atoms with E-state index in [-0.39, 0.29) is 29.1 Å². The predicted molar refractivity (Wildman–Crippen MR) is 132 cm³/mol. The highest BCUT2D eigenvalue weighted by Gasteiger charge is 2.53. The molecule has 1 aliphatic carbocycles. The van der Waals surface area contributed by atoms with E-state index in [1.54, 1.807) is 12.2 Å². The molecule has 0 aromatic heterocycles. The number of aryl methyl sites for hydroxylation is 1. The van der Waals surface area contributed by atoms with Crippen molar-refractivity contribution in [2.45, 2.75) is 29.4 Å². The molecular weight excluding hydrogens is 488 g/mol. The first-order valence-corrected chi connectivity index (χ1v) is 12.4. The zero-order valence-electron chi connectivity index (χ0n) is 20.4. The van der Waals surface area contributed by atoms with Crippen LogP contribution in [-0.4, -0.2) is 53.0 Å². The van der Waals surface area contributed by atoms with E-state index in [1.807, 2.05) is 31.2 Å². The number of sulfonamides is 1. The number of benzene rings is 2. The topological polar surface area (TPSA) is 134 Å². The van der Waals surface area contributed by atoms with Gasteiger partial charge in [-0.25, -0.2) is 17.9 Å². The molecule has 36 heavy (non-hydrogen) atoms. The van der Waals surface area contributed by atoms with E-state index < -0.39 is 32.1 Å². The van der Waals surface area contributed by atoms with Crippen molar-refractivity contribution < 1.29 is 32.3 Å². The summed E-state index contributed by atoms with van der Waals surface area (Å²) in [5.41, 5.74) is 0.749. The van der Waals surface area contributed by atoms with Crippen LogP contribution in [-0.2, 0) is 34.4 Å². The molecule has 10 nitrogen and oxygen atoms in total. The van der Waals surface area contributed by atoms with Crippen molar-refractivity contribution in [1.82, 2.24) is 4.72 Å². The lowest BCUT2D eigenvalue weighted by molar-refractivity contribution is -0.384. The minimum atomic E-state index is -3.97. The Morgan fingerprint density at radius 1 is 1.08 bits per heavy atom. The van der Waals surface area contributed by atoms with Crippen LogP contribution in [0.5, 0.6) is 0 Å². The second-order valence-electron chi connectivity index (χ2n) is 8.24. The first-order chi connectivity index (χ1) is 17.0. The number of nitrogens with zero attached hydrogens (tertiary/aromatic N) is 1. The van der Waals surface area contributed by atoms with E-state index in [9.17, 15) is 23.3 Å². The Morgan fingerprint density at radius 3 is 2.31 bits per heavy atom. The zero-order chi connectivity index (χ0) is 26.6. The van der Waals surface area contributed by atoms with Crippen molar-refractivity contribution in [1.29, 1.82) is 0 Å². The quantitative estimate of drug-likeness (QED) is 0.220. The number of carbonyl (C=O) groups excluding carboxylic acids is 1. The molecule has 1 unspecified atom stereocenters. The van der Waals surface area contributed by atoms with E-state index in [0.717, 1.165) is 23.3 Å². The number of non-ortho nitro benzene ring substituents is 1. The van der Waals surface area contributed by atoms with Gasteiger partial charge >= 0.3 is 5.97 Å². The van der Waals surface area contributed by atoms with Crippen LogP contribution in [0.15, 0.2) is 77.2 Å². The van der Waals surface area contributed by atoms with Crippen molar-refractivity contribution in [2.24, 2.45) is 0 Å². The molecule has 2 aromatic carbocycles. The van der Waals surface area contributed by atoms with Crippen LogP contribution in [0.4, 0.5) is 5.69 Å². The van der Waals surface area contributed by atoms with Crippen LogP contribution in [0.1, 0.15) is 17.5 Å².